The number of hydrogen-bond acceptors (Lipinski definition) is 2. The van der Waals surface area contributed by atoms with Gasteiger partial charge in [0.05, 0.1) is 0 Å². The molecule has 56 valence electrons. The first-order valence-corrected chi connectivity index (χ1v) is 3.05. The second-order valence-corrected chi connectivity index (χ2v) is 1.98. The number of imide groups is 1. The van der Waals surface area contributed by atoms with Crippen molar-refractivity contribution in [3.8, 4) is 0 Å². The second kappa shape index (κ2) is 3.82. The van der Waals surface area contributed by atoms with Crippen molar-refractivity contribution >= 4 is 12.3 Å². The molecule has 3 heteroatoms. The molecule has 0 spiro atoms. The molecule has 0 aromatic rings. The summed E-state index contributed by atoms with van der Waals surface area (Å²) < 4.78 is 0. The van der Waals surface area contributed by atoms with E-state index in [0.717, 1.165) is 4.90 Å². The van der Waals surface area contributed by atoms with Crippen molar-refractivity contribution in [3.63, 3.8) is 0 Å². The first-order valence-electron chi connectivity index (χ1n) is 3.05. The highest BCUT2D eigenvalue weighted by atomic mass is 16.2. The minimum atomic E-state index is -0.308. The molecule has 3 nitrogen and oxygen atoms in total. The zero-order valence-electron chi connectivity index (χ0n) is 6.26. The Morgan fingerprint density at radius 1 is 1.70 bits per heavy atom. The van der Waals surface area contributed by atoms with Crippen LogP contribution in [-0.4, -0.2) is 23.8 Å². The van der Waals surface area contributed by atoms with Gasteiger partial charge in [0.25, 0.3) is 5.91 Å². The summed E-state index contributed by atoms with van der Waals surface area (Å²) >= 11 is 0. The van der Waals surface area contributed by atoms with Crippen LogP contribution in [0.15, 0.2) is 12.2 Å². The Labute approximate surface area is 60.3 Å². The monoisotopic (exact) mass is 141 g/mol. The van der Waals surface area contributed by atoms with Gasteiger partial charge in [0.1, 0.15) is 0 Å². The summed E-state index contributed by atoms with van der Waals surface area (Å²) in [4.78, 5) is 22.1. The maximum absolute atomic E-state index is 10.9. The smallest absolute Gasteiger partial charge is 0.255 e. The normalized spacial score (nSPS) is 8.60. The van der Waals surface area contributed by atoms with Crippen LogP contribution in [0.2, 0.25) is 0 Å². The van der Waals surface area contributed by atoms with E-state index in [4.69, 9.17) is 0 Å². The predicted molar refractivity (Wildman–Crippen MR) is 38.3 cm³/mol. The molecule has 0 rings (SSSR count). The van der Waals surface area contributed by atoms with Gasteiger partial charge in [0.15, 0.2) is 0 Å². The van der Waals surface area contributed by atoms with Gasteiger partial charge in [-0.1, -0.05) is 6.58 Å². The Morgan fingerprint density at radius 3 is 2.30 bits per heavy atom. The molecule has 0 N–H and O–H groups in total. The highest BCUT2D eigenvalue weighted by Gasteiger charge is 2.09. The van der Waals surface area contributed by atoms with Crippen LogP contribution in [0, 0.1) is 0 Å². The highest BCUT2D eigenvalue weighted by molar-refractivity contribution is 5.98. The van der Waals surface area contributed by atoms with Crippen LogP contribution in [0.3, 0.4) is 0 Å². The van der Waals surface area contributed by atoms with Crippen LogP contribution in [0.5, 0.6) is 0 Å². The van der Waals surface area contributed by atoms with E-state index in [-0.39, 0.29) is 5.91 Å². The molecule has 0 aliphatic rings. The average Bonchev–Trinajstić information content (AvgIpc) is 1.90. The van der Waals surface area contributed by atoms with E-state index in [9.17, 15) is 9.59 Å². The lowest BCUT2D eigenvalue weighted by atomic mass is 10.3. The zero-order chi connectivity index (χ0) is 8.15. The number of rotatable bonds is 3. The Morgan fingerprint density at radius 2 is 2.20 bits per heavy atom. The largest absolute Gasteiger partial charge is 0.282 e. The quantitative estimate of drug-likeness (QED) is 0.425. The summed E-state index contributed by atoms with van der Waals surface area (Å²) in [6.45, 7) is 7.13. The van der Waals surface area contributed by atoms with E-state index in [0.29, 0.717) is 18.5 Å². The van der Waals surface area contributed by atoms with E-state index < -0.39 is 0 Å². The van der Waals surface area contributed by atoms with Crippen molar-refractivity contribution in [3.05, 3.63) is 12.2 Å². The third-order valence-electron chi connectivity index (χ3n) is 1.09. The van der Waals surface area contributed by atoms with Crippen LogP contribution in [0.25, 0.3) is 0 Å². The van der Waals surface area contributed by atoms with E-state index >= 15 is 0 Å². The van der Waals surface area contributed by atoms with Crippen LogP contribution >= 0.6 is 0 Å². The number of carbonyl (C=O) groups is 2. The van der Waals surface area contributed by atoms with E-state index in [2.05, 4.69) is 6.58 Å². The van der Waals surface area contributed by atoms with Gasteiger partial charge in [-0.2, -0.15) is 0 Å². The van der Waals surface area contributed by atoms with Gasteiger partial charge in [0.2, 0.25) is 6.41 Å². The summed E-state index contributed by atoms with van der Waals surface area (Å²) in [5.41, 5.74) is 0.383. The molecular formula is C7H11NO2. The molecular weight excluding hydrogens is 130 g/mol. The number of carbonyl (C=O) groups excluding carboxylic acids is 2. The lowest BCUT2D eigenvalue weighted by Gasteiger charge is -2.11. The molecule has 0 aliphatic heterocycles. The van der Waals surface area contributed by atoms with Crippen molar-refractivity contribution < 1.29 is 9.59 Å². The third kappa shape index (κ3) is 2.01. The van der Waals surface area contributed by atoms with Gasteiger partial charge in [-0.15, -0.1) is 0 Å². The molecule has 0 bridgehead atoms. The van der Waals surface area contributed by atoms with Crippen LogP contribution in [-0.2, 0) is 9.59 Å². The highest BCUT2D eigenvalue weighted by Crippen LogP contribution is 1.94. The molecule has 0 fully saturated rings. The SMILES string of the molecule is C=C(C)C(=O)N(C=O)CC. The van der Waals surface area contributed by atoms with Crippen molar-refractivity contribution in [1.82, 2.24) is 4.90 Å². The number of hydrogen-bond donors (Lipinski definition) is 0. The van der Waals surface area contributed by atoms with Gasteiger partial charge in [-0.3, -0.25) is 14.5 Å². The third-order valence-corrected chi connectivity index (χ3v) is 1.09. The summed E-state index contributed by atoms with van der Waals surface area (Å²) in [7, 11) is 0. The standard InChI is InChI=1S/C7H11NO2/c1-4-8(5-9)7(10)6(2)3/h5H,2,4H2,1,3H3. The lowest BCUT2D eigenvalue weighted by molar-refractivity contribution is -0.134. The van der Waals surface area contributed by atoms with Gasteiger partial charge in [0, 0.05) is 12.1 Å². The first kappa shape index (κ1) is 8.88. The van der Waals surface area contributed by atoms with Crippen LogP contribution in [0.1, 0.15) is 13.8 Å². The number of likely N-dealkylation sites (N-methyl/N-ethyl adjacent to an activating group) is 1. The molecule has 0 atom stereocenters. The van der Waals surface area contributed by atoms with Crippen molar-refractivity contribution in [1.29, 1.82) is 0 Å². The molecule has 0 aromatic carbocycles. The molecule has 0 radical (unpaired) electrons. The van der Waals surface area contributed by atoms with Gasteiger partial charge < -0.3 is 0 Å². The average molecular weight is 141 g/mol. The maximum atomic E-state index is 10.9. The number of nitrogens with zero attached hydrogens (tertiary/aromatic N) is 1. The fourth-order valence-corrected chi connectivity index (χ4v) is 0.511. The Bertz CT molecular complexity index is 163. The van der Waals surface area contributed by atoms with E-state index in [1.54, 1.807) is 13.8 Å². The summed E-state index contributed by atoms with van der Waals surface area (Å²) in [5.74, 6) is -0.308. The van der Waals surface area contributed by atoms with Crippen LogP contribution < -0.4 is 0 Å². The molecule has 10 heavy (non-hydrogen) atoms. The topological polar surface area (TPSA) is 37.4 Å². The van der Waals surface area contributed by atoms with Crippen molar-refractivity contribution in [2.75, 3.05) is 6.54 Å². The minimum absolute atomic E-state index is 0.308. The Balaban J connectivity index is 4.15. The van der Waals surface area contributed by atoms with Gasteiger partial charge >= 0.3 is 0 Å². The van der Waals surface area contributed by atoms with Crippen LogP contribution in [0.4, 0.5) is 0 Å². The summed E-state index contributed by atoms with van der Waals surface area (Å²) in [6, 6.07) is 0. The summed E-state index contributed by atoms with van der Waals surface area (Å²) in [6.07, 6.45) is 0.511. The van der Waals surface area contributed by atoms with E-state index in [1.165, 1.54) is 0 Å². The predicted octanol–water partition coefficient (Wildman–Crippen LogP) is 0.567. The van der Waals surface area contributed by atoms with E-state index in [1.807, 2.05) is 0 Å². The number of amides is 2. The molecule has 0 saturated heterocycles. The van der Waals surface area contributed by atoms with Crippen molar-refractivity contribution in [2.24, 2.45) is 0 Å². The molecule has 0 aromatic heterocycles. The molecule has 0 aliphatic carbocycles. The zero-order valence-corrected chi connectivity index (χ0v) is 6.26. The molecule has 0 unspecified atom stereocenters. The van der Waals surface area contributed by atoms with Gasteiger partial charge in [-0.05, 0) is 13.8 Å². The van der Waals surface area contributed by atoms with Crippen molar-refractivity contribution in [2.45, 2.75) is 13.8 Å². The van der Waals surface area contributed by atoms with Gasteiger partial charge in [-0.25, -0.2) is 0 Å². The molecule has 0 heterocycles. The molecule has 0 saturated carbocycles. The first-order chi connectivity index (χ1) is 4.63. The lowest BCUT2D eigenvalue weighted by Crippen LogP contribution is -2.29. The minimum Gasteiger partial charge on any atom is -0.282 e. The fourth-order valence-electron chi connectivity index (χ4n) is 0.511. The Kier molecular flexibility index (Phi) is 3.39. The summed E-state index contributed by atoms with van der Waals surface area (Å²) in [5, 5.41) is 0. The molecule has 2 amide bonds. The second-order valence-electron chi connectivity index (χ2n) is 1.98. The maximum Gasteiger partial charge on any atom is 0.255 e. The Hall–Kier alpha value is -1.12. The fraction of sp³-hybridized carbons (Fsp3) is 0.429.